The van der Waals surface area contributed by atoms with Crippen molar-refractivity contribution in [1.29, 1.82) is 0 Å². The van der Waals surface area contributed by atoms with Crippen LogP contribution in [0.15, 0.2) is 22.9 Å². The van der Waals surface area contributed by atoms with E-state index in [1.807, 2.05) is 12.4 Å². The molecule has 2 rings (SSSR count). The Balaban J connectivity index is 0.00000162. The van der Waals surface area contributed by atoms with E-state index < -0.39 is 0 Å². The van der Waals surface area contributed by atoms with Gasteiger partial charge in [0.25, 0.3) is 0 Å². The summed E-state index contributed by atoms with van der Waals surface area (Å²) in [5.74, 6) is 0. The fourth-order valence-electron chi connectivity index (χ4n) is 2.59. The summed E-state index contributed by atoms with van der Waals surface area (Å²) in [4.78, 5) is 6.71. The lowest BCUT2D eigenvalue weighted by Crippen LogP contribution is -2.48. The number of pyridine rings is 1. The summed E-state index contributed by atoms with van der Waals surface area (Å²) in [6.07, 6.45) is 7.57. The zero-order chi connectivity index (χ0) is 12.3. The Kier molecular flexibility index (Phi) is 6.57. The molecule has 1 aromatic heterocycles. The van der Waals surface area contributed by atoms with E-state index in [1.54, 1.807) is 0 Å². The third-order valence-electron chi connectivity index (χ3n) is 3.42. The van der Waals surface area contributed by atoms with E-state index in [0.29, 0.717) is 6.04 Å². The Morgan fingerprint density at radius 1 is 1.50 bits per heavy atom. The number of piperidine rings is 1. The Labute approximate surface area is 124 Å². The molecule has 2 atom stereocenters. The van der Waals surface area contributed by atoms with Crippen LogP contribution in [-0.4, -0.2) is 28.5 Å². The summed E-state index contributed by atoms with van der Waals surface area (Å²) >= 11 is 3.47. The number of rotatable bonds is 3. The average Bonchev–Trinajstić information content (AvgIpc) is 2.29. The number of aromatic nitrogens is 1. The molecule has 0 spiro atoms. The SMILES string of the molecule is CC(N)C1CCCCN1Cc1cncc(Br)c1.Cl. The van der Waals surface area contributed by atoms with Crippen LogP contribution >= 0.6 is 28.3 Å². The molecule has 1 aliphatic heterocycles. The van der Waals surface area contributed by atoms with Gasteiger partial charge in [-0.2, -0.15) is 0 Å². The standard InChI is InChI=1S/C13H20BrN3.ClH/c1-10(15)13-4-2-3-5-17(13)9-11-6-12(14)8-16-7-11;/h6-8,10,13H,2-5,9,15H2,1H3;1H. The molecule has 2 unspecified atom stereocenters. The van der Waals surface area contributed by atoms with E-state index in [-0.39, 0.29) is 18.4 Å². The third kappa shape index (κ3) is 4.19. The van der Waals surface area contributed by atoms with Crippen molar-refractivity contribution >= 4 is 28.3 Å². The van der Waals surface area contributed by atoms with Crippen molar-refractivity contribution in [2.24, 2.45) is 5.73 Å². The minimum atomic E-state index is 0. The molecule has 18 heavy (non-hydrogen) atoms. The van der Waals surface area contributed by atoms with E-state index >= 15 is 0 Å². The van der Waals surface area contributed by atoms with Crippen LogP contribution in [0.25, 0.3) is 0 Å². The molecule has 0 aliphatic carbocycles. The van der Waals surface area contributed by atoms with Crippen LogP contribution in [0.5, 0.6) is 0 Å². The van der Waals surface area contributed by atoms with Crippen LogP contribution in [0.3, 0.4) is 0 Å². The fourth-order valence-corrected chi connectivity index (χ4v) is 3.00. The minimum Gasteiger partial charge on any atom is -0.327 e. The largest absolute Gasteiger partial charge is 0.327 e. The summed E-state index contributed by atoms with van der Waals surface area (Å²) in [7, 11) is 0. The van der Waals surface area contributed by atoms with Gasteiger partial charge in [0.2, 0.25) is 0 Å². The van der Waals surface area contributed by atoms with Gasteiger partial charge in [-0.05, 0) is 53.9 Å². The average molecular weight is 335 g/mol. The molecule has 1 aromatic rings. The monoisotopic (exact) mass is 333 g/mol. The maximum absolute atomic E-state index is 6.07. The van der Waals surface area contributed by atoms with E-state index in [9.17, 15) is 0 Å². The van der Waals surface area contributed by atoms with Gasteiger partial charge in [0.05, 0.1) is 0 Å². The van der Waals surface area contributed by atoms with E-state index in [1.165, 1.54) is 24.8 Å². The van der Waals surface area contributed by atoms with Crippen LogP contribution in [0.2, 0.25) is 0 Å². The zero-order valence-electron chi connectivity index (χ0n) is 10.7. The van der Waals surface area contributed by atoms with Gasteiger partial charge in [0.1, 0.15) is 0 Å². The highest BCUT2D eigenvalue weighted by molar-refractivity contribution is 9.10. The zero-order valence-corrected chi connectivity index (χ0v) is 13.1. The van der Waals surface area contributed by atoms with Gasteiger partial charge in [-0.15, -0.1) is 12.4 Å². The molecule has 0 amide bonds. The van der Waals surface area contributed by atoms with Crippen LogP contribution in [-0.2, 0) is 6.54 Å². The number of hydrogen-bond acceptors (Lipinski definition) is 3. The molecule has 3 nitrogen and oxygen atoms in total. The van der Waals surface area contributed by atoms with Gasteiger partial charge in [-0.25, -0.2) is 0 Å². The number of halogens is 2. The van der Waals surface area contributed by atoms with Crippen molar-refractivity contribution in [3.63, 3.8) is 0 Å². The van der Waals surface area contributed by atoms with Crippen molar-refractivity contribution in [3.05, 3.63) is 28.5 Å². The highest BCUT2D eigenvalue weighted by Gasteiger charge is 2.25. The molecule has 2 heterocycles. The first kappa shape index (κ1) is 15.9. The molecule has 102 valence electrons. The van der Waals surface area contributed by atoms with Crippen LogP contribution < -0.4 is 5.73 Å². The van der Waals surface area contributed by atoms with Gasteiger partial charge in [0, 0.05) is 35.5 Å². The quantitative estimate of drug-likeness (QED) is 0.924. The number of nitrogens with zero attached hydrogens (tertiary/aromatic N) is 2. The van der Waals surface area contributed by atoms with Gasteiger partial charge < -0.3 is 5.73 Å². The molecule has 0 saturated carbocycles. The molecule has 2 N–H and O–H groups in total. The second-order valence-corrected chi connectivity index (χ2v) is 5.82. The van der Waals surface area contributed by atoms with Crippen molar-refractivity contribution in [2.75, 3.05) is 6.54 Å². The summed E-state index contributed by atoms with van der Waals surface area (Å²) in [6.45, 7) is 4.22. The molecule has 1 saturated heterocycles. The predicted molar refractivity (Wildman–Crippen MR) is 80.9 cm³/mol. The fraction of sp³-hybridized carbons (Fsp3) is 0.615. The number of nitrogens with two attached hydrogens (primary N) is 1. The molecule has 0 aromatic carbocycles. The Bertz CT molecular complexity index is 373. The lowest BCUT2D eigenvalue weighted by molar-refractivity contribution is 0.123. The lowest BCUT2D eigenvalue weighted by Gasteiger charge is -2.38. The normalized spacial score (nSPS) is 22.3. The molecule has 1 fully saturated rings. The molecule has 1 aliphatic rings. The summed E-state index contributed by atoms with van der Waals surface area (Å²) in [6, 6.07) is 2.90. The van der Waals surface area contributed by atoms with Crippen LogP contribution in [0.1, 0.15) is 31.7 Å². The first-order chi connectivity index (χ1) is 8.16. The lowest BCUT2D eigenvalue weighted by atomic mass is 9.96. The maximum atomic E-state index is 6.07. The second kappa shape index (κ2) is 7.43. The Morgan fingerprint density at radius 3 is 2.94 bits per heavy atom. The molecule has 0 radical (unpaired) electrons. The van der Waals surface area contributed by atoms with E-state index in [0.717, 1.165) is 17.6 Å². The third-order valence-corrected chi connectivity index (χ3v) is 3.85. The van der Waals surface area contributed by atoms with Gasteiger partial charge in [-0.3, -0.25) is 9.88 Å². The summed E-state index contributed by atoms with van der Waals surface area (Å²) in [5, 5.41) is 0. The maximum Gasteiger partial charge on any atom is 0.0410 e. The van der Waals surface area contributed by atoms with E-state index in [4.69, 9.17) is 5.73 Å². The first-order valence-electron chi connectivity index (χ1n) is 6.26. The first-order valence-corrected chi connectivity index (χ1v) is 7.05. The van der Waals surface area contributed by atoms with Gasteiger partial charge in [0.15, 0.2) is 0 Å². The Morgan fingerprint density at radius 2 is 2.28 bits per heavy atom. The molecular formula is C13H21BrClN3. The number of likely N-dealkylation sites (tertiary alicyclic amines) is 1. The highest BCUT2D eigenvalue weighted by atomic mass is 79.9. The van der Waals surface area contributed by atoms with Gasteiger partial charge in [-0.1, -0.05) is 6.42 Å². The van der Waals surface area contributed by atoms with Crippen molar-refractivity contribution in [2.45, 2.75) is 44.8 Å². The topological polar surface area (TPSA) is 42.1 Å². The van der Waals surface area contributed by atoms with Gasteiger partial charge >= 0.3 is 0 Å². The number of hydrogen-bond donors (Lipinski definition) is 1. The highest BCUT2D eigenvalue weighted by Crippen LogP contribution is 2.22. The predicted octanol–water partition coefficient (Wildman–Crippen LogP) is 2.97. The van der Waals surface area contributed by atoms with Crippen molar-refractivity contribution < 1.29 is 0 Å². The summed E-state index contributed by atoms with van der Waals surface area (Å²) in [5.41, 5.74) is 7.33. The Hall–Kier alpha value is -0.160. The second-order valence-electron chi connectivity index (χ2n) is 4.90. The van der Waals surface area contributed by atoms with Crippen molar-refractivity contribution in [1.82, 2.24) is 9.88 Å². The summed E-state index contributed by atoms with van der Waals surface area (Å²) < 4.78 is 1.05. The molecule has 5 heteroatoms. The smallest absolute Gasteiger partial charge is 0.0410 e. The molecular weight excluding hydrogens is 314 g/mol. The van der Waals surface area contributed by atoms with E-state index in [2.05, 4.69) is 38.8 Å². The van der Waals surface area contributed by atoms with Crippen LogP contribution in [0.4, 0.5) is 0 Å². The van der Waals surface area contributed by atoms with Crippen LogP contribution in [0, 0.1) is 0 Å². The minimum absolute atomic E-state index is 0. The molecule has 0 bridgehead atoms. The van der Waals surface area contributed by atoms with Crippen molar-refractivity contribution in [3.8, 4) is 0 Å².